The number of anilines is 2. The van der Waals surface area contributed by atoms with Gasteiger partial charge in [0.25, 0.3) is 0 Å². The van der Waals surface area contributed by atoms with Gasteiger partial charge in [-0.2, -0.15) is 0 Å². The molecule has 5 nitrogen and oxygen atoms in total. The highest BCUT2D eigenvalue weighted by molar-refractivity contribution is 7.80. The van der Waals surface area contributed by atoms with Crippen molar-refractivity contribution >= 4 is 56.8 Å². The lowest BCUT2D eigenvalue weighted by atomic mass is 10.1. The molecule has 3 aromatic rings. The predicted molar refractivity (Wildman–Crippen MR) is 139 cm³/mol. The van der Waals surface area contributed by atoms with E-state index in [2.05, 4.69) is 34.1 Å². The molecule has 0 amide bonds. The first kappa shape index (κ1) is 22.8. The van der Waals surface area contributed by atoms with E-state index in [4.69, 9.17) is 34.9 Å². The minimum atomic E-state index is 0.231. The van der Waals surface area contributed by atoms with E-state index >= 15 is 0 Å². The molecule has 0 aliphatic rings. The fourth-order valence-corrected chi connectivity index (χ4v) is 3.61. The van der Waals surface area contributed by atoms with E-state index in [1.165, 1.54) is 5.39 Å². The summed E-state index contributed by atoms with van der Waals surface area (Å²) >= 11 is 10.4. The van der Waals surface area contributed by atoms with Gasteiger partial charge in [0.2, 0.25) is 0 Å². The summed E-state index contributed by atoms with van der Waals surface area (Å²) in [5.41, 5.74) is 8.53. The van der Waals surface area contributed by atoms with Crippen molar-refractivity contribution in [3.05, 3.63) is 66.2 Å². The molecule has 162 valence electrons. The van der Waals surface area contributed by atoms with Crippen LogP contribution in [0.3, 0.4) is 0 Å². The zero-order valence-electron chi connectivity index (χ0n) is 17.6. The minimum absolute atomic E-state index is 0.231. The Kier molecular flexibility index (Phi) is 8.44. The third-order valence-corrected chi connectivity index (χ3v) is 5.14. The van der Waals surface area contributed by atoms with Gasteiger partial charge < -0.3 is 26.4 Å². The van der Waals surface area contributed by atoms with Gasteiger partial charge >= 0.3 is 0 Å². The molecule has 0 saturated heterocycles. The molecule has 3 rings (SSSR count). The van der Waals surface area contributed by atoms with Crippen LogP contribution >= 0.6 is 24.4 Å². The summed E-state index contributed by atoms with van der Waals surface area (Å²) in [6, 6.07) is 20.4. The largest absolute Gasteiger partial charge is 0.491 e. The predicted octanol–water partition coefficient (Wildman–Crippen LogP) is 5.34. The maximum Gasteiger partial charge on any atom is 0.170 e. The summed E-state index contributed by atoms with van der Waals surface area (Å²) in [6.45, 7) is 3.46. The Morgan fingerprint density at radius 3 is 2.55 bits per heavy atom. The quantitative estimate of drug-likeness (QED) is 0.258. The number of hydrogen-bond donors (Lipinski definition) is 4. The fraction of sp³-hybridized carbons (Fsp3) is 0.250. The van der Waals surface area contributed by atoms with Gasteiger partial charge in [-0.25, -0.2) is 0 Å². The summed E-state index contributed by atoms with van der Waals surface area (Å²) in [7, 11) is 0. The number of hydrogen-bond acceptors (Lipinski definition) is 3. The summed E-state index contributed by atoms with van der Waals surface area (Å²) in [5.74, 6) is 0.761. The molecule has 7 heteroatoms. The standard InChI is InChI=1S/C24H28N4OS2/c1-17-12-13-22(21(16-17)27-23(25)30)29-15-6-2-5-14-26-24(31)28-20-11-7-9-18-8-3-4-10-19(18)20/h3-4,7-13,16H,2,5-6,14-15H2,1H3,(H3,25,27,30)(H2,26,28,31). The number of aryl methyl sites for hydroxylation is 1. The number of nitrogens with one attached hydrogen (secondary N) is 3. The monoisotopic (exact) mass is 452 g/mol. The van der Waals surface area contributed by atoms with Crippen molar-refractivity contribution in [2.45, 2.75) is 26.2 Å². The minimum Gasteiger partial charge on any atom is -0.491 e. The van der Waals surface area contributed by atoms with Gasteiger partial charge in [-0.05, 0) is 79.8 Å². The SMILES string of the molecule is Cc1ccc(OCCCCCNC(=S)Nc2cccc3ccccc23)c(NC(N)=S)c1. The van der Waals surface area contributed by atoms with Crippen LogP contribution in [0.1, 0.15) is 24.8 Å². The second-order valence-electron chi connectivity index (χ2n) is 7.31. The molecular weight excluding hydrogens is 424 g/mol. The average molecular weight is 453 g/mol. The van der Waals surface area contributed by atoms with Crippen LogP contribution in [0.15, 0.2) is 60.7 Å². The molecule has 0 saturated carbocycles. The molecule has 0 spiro atoms. The molecule has 0 radical (unpaired) electrons. The first-order valence-electron chi connectivity index (χ1n) is 10.4. The van der Waals surface area contributed by atoms with Gasteiger partial charge in [0.05, 0.1) is 12.3 Å². The van der Waals surface area contributed by atoms with Crippen LogP contribution in [0.4, 0.5) is 11.4 Å². The second-order valence-corrected chi connectivity index (χ2v) is 8.15. The van der Waals surface area contributed by atoms with E-state index in [9.17, 15) is 0 Å². The van der Waals surface area contributed by atoms with E-state index in [0.717, 1.165) is 53.9 Å². The summed E-state index contributed by atoms with van der Waals surface area (Å²) in [5, 5.41) is 12.8. The second kappa shape index (κ2) is 11.5. The van der Waals surface area contributed by atoms with Crippen molar-refractivity contribution < 1.29 is 4.74 Å². The summed E-state index contributed by atoms with van der Waals surface area (Å²) in [4.78, 5) is 0. The maximum absolute atomic E-state index is 5.90. The van der Waals surface area contributed by atoms with E-state index in [-0.39, 0.29) is 5.11 Å². The Morgan fingerprint density at radius 1 is 0.903 bits per heavy atom. The number of ether oxygens (including phenoxy) is 1. The molecule has 0 aliphatic heterocycles. The molecule has 0 atom stereocenters. The lowest BCUT2D eigenvalue weighted by Gasteiger charge is -2.14. The lowest BCUT2D eigenvalue weighted by molar-refractivity contribution is 0.307. The molecule has 3 aromatic carbocycles. The highest BCUT2D eigenvalue weighted by atomic mass is 32.1. The van der Waals surface area contributed by atoms with Gasteiger partial charge in [-0.15, -0.1) is 0 Å². The van der Waals surface area contributed by atoms with Crippen molar-refractivity contribution in [2.24, 2.45) is 5.73 Å². The average Bonchev–Trinajstić information content (AvgIpc) is 2.74. The smallest absolute Gasteiger partial charge is 0.170 e. The van der Waals surface area contributed by atoms with E-state index in [0.29, 0.717) is 11.7 Å². The van der Waals surface area contributed by atoms with Crippen molar-refractivity contribution in [3.63, 3.8) is 0 Å². The first-order valence-corrected chi connectivity index (χ1v) is 11.2. The Labute approximate surface area is 194 Å². The Hall–Kier alpha value is -2.90. The molecule has 0 bridgehead atoms. The molecule has 0 unspecified atom stereocenters. The number of nitrogens with two attached hydrogens (primary N) is 1. The molecular formula is C24H28N4OS2. The zero-order chi connectivity index (χ0) is 22.1. The number of thiocarbonyl (C=S) groups is 2. The summed E-state index contributed by atoms with van der Waals surface area (Å²) in [6.07, 6.45) is 2.99. The zero-order valence-corrected chi connectivity index (χ0v) is 19.2. The van der Waals surface area contributed by atoms with Gasteiger partial charge in [0.1, 0.15) is 5.75 Å². The van der Waals surface area contributed by atoms with Gasteiger partial charge in [-0.1, -0.05) is 42.5 Å². The van der Waals surface area contributed by atoms with Gasteiger partial charge in [0, 0.05) is 17.6 Å². The van der Waals surface area contributed by atoms with E-state index < -0.39 is 0 Å². The molecule has 0 aromatic heterocycles. The van der Waals surface area contributed by atoms with Crippen LogP contribution in [0.5, 0.6) is 5.75 Å². The summed E-state index contributed by atoms with van der Waals surface area (Å²) < 4.78 is 5.90. The van der Waals surface area contributed by atoms with E-state index in [1.807, 2.05) is 49.4 Å². The normalized spacial score (nSPS) is 10.5. The molecule has 0 heterocycles. The van der Waals surface area contributed by atoms with Crippen LogP contribution in [0.25, 0.3) is 10.8 Å². The molecule has 0 fully saturated rings. The number of fused-ring (bicyclic) bond motifs is 1. The topological polar surface area (TPSA) is 71.3 Å². The van der Waals surface area contributed by atoms with Gasteiger partial charge in [-0.3, -0.25) is 0 Å². The third-order valence-electron chi connectivity index (χ3n) is 4.80. The fourth-order valence-electron chi connectivity index (χ4n) is 3.29. The Bertz CT molecular complexity index is 1050. The number of rotatable bonds is 9. The number of unbranched alkanes of at least 4 members (excludes halogenated alkanes) is 2. The van der Waals surface area contributed by atoms with Crippen LogP contribution in [0.2, 0.25) is 0 Å². The van der Waals surface area contributed by atoms with E-state index in [1.54, 1.807) is 0 Å². The van der Waals surface area contributed by atoms with Crippen LogP contribution in [-0.4, -0.2) is 23.4 Å². The Balaban J connectivity index is 1.35. The van der Waals surface area contributed by atoms with Gasteiger partial charge in [0.15, 0.2) is 10.2 Å². The van der Waals surface area contributed by atoms with Crippen molar-refractivity contribution in [1.29, 1.82) is 0 Å². The van der Waals surface area contributed by atoms with Crippen LogP contribution < -0.4 is 26.4 Å². The lowest BCUT2D eigenvalue weighted by Crippen LogP contribution is -2.29. The maximum atomic E-state index is 5.90. The molecule has 5 N–H and O–H groups in total. The van der Waals surface area contributed by atoms with Crippen molar-refractivity contribution in [3.8, 4) is 5.75 Å². The Morgan fingerprint density at radius 2 is 1.71 bits per heavy atom. The van der Waals surface area contributed by atoms with Crippen LogP contribution in [-0.2, 0) is 0 Å². The van der Waals surface area contributed by atoms with Crippen molar-refractivity contribution in [1.82, 2.24) is 5.32 Å². The third kappa shape index (κ3) is 7.08. The first-order chi connectivity index (χ1) is 15.0. The highest BCUT2D eigenvalue weighted by Gasteiger charge is 2.05. The van der Waals surface area contributed by atoms with Crippen molar-refractivity contribution in [2.75, 3.05) is 23.8 Å². The molecule has 31 heavy (non-hydrogen) atoms. The highest BCUT2D eigenvalue weighted by Crippen LogP contribution is 2.26. The number of benzene rings is 3. The van der Waals surface area contributed by atoms with Crippen LogP contribution in [0, 0.1) is 6.92 Å². The molecule has 0 aliphatic carbocycles.